The molecule has 1 spiro atoms. The Hall–Kier alpha value is -2.38. The van der Waals surface area contributed by atoms with Gasteiger partial charge in [0, 0.05) is 18.5 Å². The Morgan fingerprint density at radius 3 is 2.41 bits per heavy atom. The molecule has 1 fully saturated rings. The van der Waals surface area contributed by atoms with Crippen LogP contribution in [-0.4, -0.2) is 51.2 Å². The predicted molar refractivity (Wildman–Crippen MR) is 112 cm³/mol. The van der Waals surface area contributed by atoms with Crippen LogP contribution in [0, 0.1) is 0 Å². The van der Waals surface area contributed by atoms with E-state index in [1.165, 1.54) is 6.26 Å². The maximum atomic E-state index is 12.7. The number of benzene rings is 2. The Kier molecular flexibility index (Phi) is 5.12. The van der Waals surface area contributed by atoms with E-state index in [2.05, 4.69) is 16.3 Å². The van der Waals surface area contributed by atoms with E-state index in [1.807, 2.05) is 25.1 Å². The van der Waals surface area contributed by atoms with Gasteiger partial charge in [0.1, 0.15) is 11.9 Å². The van der Waals surface area contributed by atoms with Gasteiger partial charge in [0.2, 0.25) is 5.91 Å². The summed E-state index contributed by atoms with van der Waals surface area (Å²) in [5.74, 6) is 0.774. The molecule has 0 aliphatic carbocycles. The summed E-state index contributed by atoms with van der Waals surface area (Å²) in [5, 5.41) is 3.04. The van der Waals surface area contributed by atoms with Crippen LogP contribution in [0.2, 0.25) is 0 Å². The third-order valence-electron chi connectivity index (χ3n) is 5.94. The molecule has 1 atom stereocenters. The van der Waals surface area contributed by atoms with Crippen LogP contribution in [0.1, 0.15) is 25.3 Å². The number of carbonyl (C=O) groups excluding carboxylic acids is 1. The number of rotatable bonds is 5. The molecule has 0 radical (unpaired) electrons. The maximum Gasteiger partial charge on any atom is 0.235 e. The molecule has 29 heavy (non-hydrogen) atoms. The van der Waals surface area contributed by atoms with Gasteiger partial charge in [-0.25, -0.2) is 8.42 Å². The van der Waals surface area contributed by atoms with Crippen LogP contribution >= 0.6 is 0 Å². The van der Waals surface area contributed by atoms with Gasteiger partial charge < -0.3 is 10.1 Å². The van der Waals surface area contributed by atoms with Crippen LogP contribution in [0.3, 0.4) is 0 Å². The zero-order chi connectivity index (χ0) is 20.6. The molecule has 0 bridgehead atoms. The predicted octanol–water partition coefficient (Wildman–Crippen LogP) is 2.84. The number of nitrogens with zero attached hydrogens (tertiary/aromatic N) is 1. The fraction of sp³-hybridized carbons (Fsp3) is 0.409. The van der Waals surface area contributed by atoms with Gasteiger partial charge in [-0.3, -0.25) is 9.69 Å². The van der Waals surface area contributed by atoms with E-state index in [0.29, 0.717) is 5.75 Å². The standard InChI is InChI=1S/C22H26N2O4S/c1-16(28-17-7-9-18(10-8-17)29(2,26)27)15-24-13-11-22(12-14-24)19-5-3-4-6-20(19)23-21(22)25/h3-10,16H,11-15H2,1-2H3,(H,23,25)/t16-/m0/s1. The first-order valence-electron chi connectivity index (χ1n) is 9.88. The van der Waals surface area contributed by atoms with Crippen molar-refractivity contribution in [1.29, 1.82) is 0 Å². The van der Waals surface area contributed by atoms with Crippen molar-refractivity contribution in [1.82, 2.24) is 4.90 Å². The second-order valence-corrected chi connectivity index (χ2v) is 10.1. The summed E-state index contributed by atoms with van der Waals surface area (Å²) < 4.78 is 29.1. The summed E-state index contributed by atoms with van der Waals surface area (Å²) in [6.07, 6.45) is 2.74. The van der Waals surface area contributed by atoms with E-state index in [-0.39, 0.29) is 16.9 Å². The third-order valence-corrected chi connectivity index (χ3v) is 7.07. The number of nitrogens with one attached hydrogen (secondary N) is 1. The van der Waals surface area contributed by atoms with Crippen LogP contribution in [0.4, 0.5) is 5.69 Å². The van der Waals surface area contributed by atoms with Crippen molar-refractivity contribution in [3.8, 4) is 5.75 Å². The highest BCUT2D eigenvalue weighted by molar-refractivity contribution is 7.90. The lowest BCUT2D eigenvalue weighted by Crippen LogP contribution is -2.48. The highest BCUT2D eigenvalue weighted by Gasteiger charge is 2.48. The number of para-hydroxylation sites is 1. The molecule has 2 aromatic carbocycles. The zero-order valence-corrected chi connectivity index (χ0v) is 17.5. The fourth-order valence-corrected chi connectivity index (χ4v) is 5.02. The molecule has 1 N–H and O–H groups in total. The number of amides is 1. The molecular formula is C22H26N2O4S. The Morgan fingerprint density at radius 1 is 1.10 bits per heavy atom. The highest BCUT2D eigenvalue weighted by atomic mass is 32.2. The summed E-state index contributed by atoms with van der Waals surface area (Å²) >= 11 is 0. The second kappa shape index (κ2) is 7.46. The number of fused-ring (bicyclic) bond motifs is 2. The minimum absolute atomic E-state index is 0.0437. The van der Waals surface area contributed by atoms with Crippen LogP contribution in [0.15, 0.2) is 53.4 Å². The molecular weight excluding hydrogens is 388 g/mol. The number of hydrogen-bond acceptors (Lipinski definition) is 5. The van der Waals surface area contributed by atoms with Crippen molar-refractivity contribution >= 4 is 21.4 Å². The smallest absolute Gasteiger partial charge is 0.235 e. The molecule has 6 nitrogen and oxygen atoms in total. The molecule has 2 aromatic rings. The van der Waals surface area contributed by atoms with Crippen LogP contribution in [0.25, 0.3) is 0 Å². The zero-order valence-electron chi connectivity index (χ0n) is 16.7. The Balaban J connectivity index is 1.35. The lowest BCUT2D eigenvalue weighted by molar-refractivity contribution is -0.122. The van der Waals surface area contributed by atoms with E-state index >= 15 is 0 Å². The minimum atomic E-state index is -3.20. The van der Waals surface area contributed by atoms with Crippen LogP contribution in [-0.2, 0) is 20.0 Å². The summed E-state index contributed by atoms with van der Waals surface area (Å²) in [5.41, 5.74) is 1.67. The number of ether oxygens (including phenoxy) is 1. The Bertz CT molecular complexity index is 1010. The SMILES string of the molecule is C[C@@H](CN1CCC2(CC1)C(=O)Nc1ccccc12)Oc1ccc(S(C)(=O)=O)cc1. The third kappa shape index (κ3) is 3.89. The first-order valence-corrected chi connectivity index (χ1v) is 11.8. The maximum absolute atomic E-state index is 12.7. The summed E-state index contributed by atoms with van der Waals surface area (Å²) in [4.78, 5) is 15.3. The first kappa shape index (κ1) is 19.9. The van der Waals surface area contributed by atoms with Crippen molar-refractivity contribution in [3.05, 3.63) is 54.1 Å². The Labute approximate surface area is 171 Å². The molecule has 154 valence electrons. The van der Waals surface area contributed by atoms with Gasteiger partial charge in [-0.15, -0.1) is 0 Å². The van der Waals surface area contributed by atoms with E-state index in [9.17, 15) is 13.2 Å². The number of hydrogen-bond donors (Lipinski definition) is 1. The average Bonchev–Trinajstić information content (AvgIpc) is 2.95. The van der Waals surface area contributed by atoms with Gasteiger partial charge in [-0.1, -0.05) is 18.2 Å². The molecule has 2 aliphatic heterocycles. The molecule has 2 heterocycles. The highest BCUT2D eigenvalue weighted by Crippen LogP contribution is 2.44. The average molecular weight is 415 g/mol. The van der Waals surface area contributed by atoms with Gasteiger partial charge in [-0.2, -0.15) is 0 Å². The molecule has 0 aromatic heterocycles. The van der Waals surface area contributed by atoms with Gasteiger partial charge >= 0.3 is 0 Å². The van der Waals surface area contributed by atoms with Gasteiger partial charge in [0.25, 0.3) is 0 Å². The lowest BCUT2D eigenvalue weighted by atomic mass is 9.73. The quantitative estimate of drug-likeness (QED) is 0.814. The summed E-state index contributed by atoms with van der Waals surface area (Å²) in [7, 11) is -3.20. The van der Waals surface area contributed by atoms with Crippen molar-refractivity contribution in [2.45, 2.75) is 36.2 Å². The van der Waals surface area contributed by atoms with E-state index in [4.69, 9.17) is 4.74 Å². The lowest BCUT2D eigenvalue weighted by Gasteiger charge is -2.38. The fourth-order valence-electron chi connectivity index (χ4n) is 4.39. The van der Waals surface area contributed by atoms with Crippen LogP contribution in [0.5, 0.6) is 5.75 Å². The molecule has 1 saturated heterocycles. The number of carbonyl (C=O) groups is 1. The van der Waals surface area contributed by atoms with Crippen molar-refractivity contribution in [3.63, 3.8) is 0 Å². The van der Waals surface area contributed by atoms with E-state index < -0.39 is 15.3 Å². The molecule has 1 amide bonds. The molecule has 4 rings (SSSR count). The van der Waals surface area contributed by atoms with Crippen molar-refractivity contribution in [2.75, 3.05) is 31.2 Å². The second-order valence-electron chi connectivity index (χ2n) is 8.05. The van der Waals surface area contributed by atoms with Crippen LogP contribution < -0.4 is 10.1 Å². The number of sulfone groups is 1. The normalized spacial score (nSPS) is 19.6. The number of likely N-dealkylation sites (tertiary alicyclic amines) is 1. The molecule has 0 unspecified atom stereocenters. The first-order chi connectivity index (χ1) is 13.8. The van der Waals surface area contributed by atoms with Gasteiger partial charge in [0.15, 0.2) is 9.84 Å². The number of anilines is 1. The largest absolute Gasteiger partial charge is 0.489 e. The van der Waals surface area contributed by atoms with Crippen molar-refractivity contribution in [2.24, 2.45) is 0 Å². The van der Waals surface area contributed by atoms with Gasteiger partial charge in [-0.05, 0) is 68.8 Å². The molecule has 0 saturated carbocycles. The summed E-state index contributed by atoms with van der Waals surface area (Å²) in [6, 6.07) is 14.5. The van der Waals surface area contributed by atoms with E-state index in [0.717, 1.165) is 43.7 Å². The Morgan fingerprint density at radius 2 is 1.76 bits per heavy atom. The molecule has 7 heteroatoms. The van der Waals surface area contributed by atoms with Gasteiger partial charge in [0.05, 0.1) is 10.3 Å². The minimum Gasteiger partial charge on any atom is -0.489 e. The van der Waals surface area contributed by atoms with E-state index in [1.54, 1.807) is 24.3 Å². The number of piperidine rings is 1. The van der Waals surface area contributed by atoms with Crippen molar-refractivity contribution < 1.29 is 17.9 Å². The molecule has 2 aliphatic rings. The topological polar surface area (TPSA) is 75.7 Å². The summed E-state index contributed by atoms with van der Waals surface area (Å²) in [6.45, 7) is 4.44. The monoisotopic (exact) mass is 414 g/mol.